The molecule has 0 heterocycles. The lowest BCUT2D eigenvalue weighted by Crippen LogP contribution is -2.31. The molecule has 3 aromatic rings. The number of nitrogens with zero attached hydrogens (tertiary/aromatic N) is 1. The molecule has 0 saturated heterocycles. The van der Waals surface area contributed by atoms with Crippen molar-refractivity contribution in [2.75, 3.05) is 0 Å². The van der Waals surface area contributed by atoms with Crippen molar-refractivity contribution in [3.8, 4) is 0 Å². The van der Waals surface area contributed by atoms with E-state index in [0.717, 1.165) is 22.9 Å². The highest BCUT2D eigenvalue weighted by Gasteiger charge is 2.39. The van der Waals surface area contributed by atoms with Crippen LogP contribution in [0.1, 0.15) is 16.7 Å². The van der Waals surface area contributed by atoms with E-state index in [2.05, 4.69) is 5.16 Å². The van der Waals surface area contributed by atoms with Crippen LogP contribution in [-0.2, 0) is 15.2 Å². The molecule has 0 atom stereocenters. The molecule has 4 heteroatoms. The van der Waals surface area contributed by atoms with Gasteiger partial charge in [0.1, 0.15) is 6.21 Å². The molecule has 0 aliphatic rings. The predicted octanol–water partition coefficient (Wildman–Crippen LogP) is 3.47. The van der Waals surface area contributed by atoms with E-state index in [1.807, 2.05) is 91.0 Å². The fourth-order valence-electron chi connectivity index (χ4n) is 2.83. The Bertz CT molecular complexity index is 750. The average molecular weight is 330 g/mol. The minimum Gasteiger partial charge on any atom is -0.374 e. The fraction of sp³-hybridized carbons (Fsp3) is 0.0476. The van der Waals surface area contributed by atoms with Gasteiger partial charge in [0.05, 0.1) is 0 Å². The zero-order valence-electron chi connectivity index (χ0n) is 13.6. The number of hydrogen-bond acceptors (Lipinski definition) is 3. The standard InChI is InChI=1S/C21H18N2O2/c22-20(24)16-23-25-21(17-10-4-1-5-11-17,18-12-6-2-7-13-18)19-14-8-3-9-15-19/h1-16H,(H2,22,24)/b23-16+. The molecule has 0 aliphatic carbocycles. The quantitative estimate of drug-likeness (QED) is 0.427. The van der Waals surface area contributed by atoms with Gasteiger partial charge >= 0.3 is 0 Å². The second kappa shape index (κ2) is 7.45. The van der Waals surface area contributed by atoms with Gasteiger partial charge < -0.3 is 10.6 Å². The van der Waals surface area contributed by atoms with E-state index in [1.165, 1.54) is 0 Å². The first kappa shape index (κ1) is 16.5. The van der Waals surface area contributed by atoms with Crippen molar-refractivity contribution in [3.63, 3.8) is 0 Å². The van der Waals surface area contributed by atoms with E-state index in [1.54, 1.807) is 0 Å². The molecule has 0 aromatic heterocycles. The van der Waals surface area contributed by atoms with Crippen LogP contribution in [0.15, 0.2) is 96.2 Å². The van der Waals surface area contributed by atoms with Crippen molar-refractivity contribution < 1.29 is 9.63 Å². The zero-order chi connectivity index (χ0) is 17.5. The van der Waals surface area contributed by atoms with Crippen molar-refractivity contribution in [2.24, 2.45) is 10.9 Å². The Morgan fingerprint density at radius 2 is 1.12 bits per heavy atom. The highest BCUT2D eigenvalue weighted by Crippen LogP contribution is 2.40. The van der Waals surface area contributed by atoms with Gasteiger partial charge in [0.15, 0.2) is 0 Å². The second-order valence-corrected chi connectivity index (χ2v) is 5.51. The Labute approximate surface area is 146 Å². The molecule has 1 amide bonds. The number of oxime groups is 1. The minimum absolute atomic E-state index is 0.664. The van der Waals surface area contributed by atoms with Crippen LogP contribution in [0, 0.1) is 0 Å². The average Bonchev–Trinajstić information content (AvgIpc) is 2.67. The monoisotopic (exact) mass is 330 g/mol. The van der Waals surface area contributed by atoms with Crippen LogP contribution >= 0.6 is 0 Å². The van der Waals surface area contributed by atoms with Gasteiger partial charge in [0.25, 0.3) is 5.91 Å². The van der Waals surface area contributed by atoms with Crippen LogP contribution in [0.2, 0.25) is 0 Å². The van der Waals surface area contributed by atoms with Gasteiger partial charge in [0, 0.05) is 16.7 Å². The molecule has 124 valence electrons. The molecule has 2 N–H and O–H groups in total. The van der Waals surface area contributed by atoms with E-state index in [0.29, 0.717) is 0 Å². The molecule has 0 bridgehead atoms. The Morgan fingerprint density at radius 1 is 0.760 bits per heavy atom. The zero-order valence-corrected chi connectivity index (χ0v) is 13.6. The molecule has 25 heavy (non-hydrogen) atoms. The minimum atomic E-state index is -0.990. The maximum Gasteiger partial charge on any atom is 0.263 e. The predicted molar refractivity (Wildman–Crippen MR) is 98.0 cm³/mol. The SMILES string of the molecule is NC(=O)/C=N/OC(c1ccccc1)(c1ccccc1)c1ccccc1. The third-order valence-corrected chi connectivity index (χ3v) is 3.91. The number of benzene rings is 3. The van der Waals surface area contributed by atoms with Gasteiger partial charge in [-0.05, 0) is 0 Å². The van der Waals surface area contributed by atoms with Crippen LogP contribution in [0.3, 0.4) is 0 Å². The summed E-state index contributed by atoms with van der Waals surface area (Å²) in [7, 11) is 0. The highest BCUT2D eigenvalue weighted by atomic mass is 16.6. The summed E-state index contributed by atoms with van der Waals surface area (Å²) in [6, 6.07) is 29.3. The molecule has 0 aliphatic heterocycles. The van der Waals surface area contributed by atoms with Crippen LogP contribution in [-0.4, -0.2) is 12.1 Å². The summed E-state index contributed by atoms with van der Waals surface area (Å²) in [6.07, 6.45) is 0.976. The molecule has 4 nitrogen and oxygen atoms in total. The lowest BCUT2D eigenvalue weighted by Gasteiger charge is -2.33. The summed E-state index contributed by atoms with van der Waals surface area (Å²) < 4.78 is 0. The molecule has 3 rings (SSSR count). The summed E-state index contributed by atoms with van der Waals surface area (Å²) in [5, 5.41) is 3.87. The van der Waals surface area contributed by atoms with Crippen LogP contribution in [0.5, 0.6) is 0 Å². The van der Waals surface area contributed by atoms with Crippen LogP contribution in [0.25, 0.3) is 0 Å². The van der Waals surface area contributed by atoms with Crippen molar-refractivity contribution in [3.05, 3.63) is 108 Å². The smallest absolute Gasteiger partial charge is 0.263 e. The molecule has 0 spiro atoms. The third kappa shape index (κ3) is 3.43. The maximum atomic E-state index is 11.1. The highest BCUT2D eigenvalue weighted by molar-refractivity contribution is 6.25. The topological polar surface area (TPSA) is 64.7 Å². The van der Waals surface area contributed by atoms with Gasteiger partial charge in [-0.2, -0.15) is 0 Å². The van der Waals surface area contributed by atoms with Gasteiger partial charge in [-0.1, -0.05) is 96.2 Å². The molecular formula is C21H18N2O2. The number of hydrogen-bond donors (Lipinski definition) is 1. The van der Waals surface area contributed by atoms with Gasteiger partial charge in [-0.3, -0.25) is 4.79 Å². The Hall–Kier alpha value is -3.40. The van der Waals surface area contributed by atoms with E-state index in [4.69, 9.17) is 10.6 Å². The van der Waals surface area contributed by atoms with E-state index in [9.17, 15) is 4.79 Å². The number of primary amides is 1. The van der Waals surface area contributed by atoms with Crippen LogP contribution < -0.4 is 5.73 Å². The van der Waals surface area contributed by atoms with E-state index >= 15 is 0 Å². The first-order valence-electron chi connectivity index (χ1n) is 7.91. The molecule has 0 unspecified atom stereocenters. The maximum absolute atomic E-state index is 11.1. The Balaban J connectivity index is 2.25. The van der Waals surface area contributed by atoms with Gasteiger partial charge in [-0.15, -0.1) is 0 Å². The number of carbonyl (C=O) groups excluding carboxylic acids is 1. The summed E-state index contributed by atoms with van der Waals surface area (Å²) >= 11 is 0. The number of rotatable bonds is 6. The van der Waals surface area contributed by atoms with E-state index < -0.39 is 11.5 Å². The Kier molecular flexibility index (Phi) is 4.90. The Morgan fingerprint density at radius 3 is 1.44 bits per heavy atom. The summed E-state index contributed by atoms with van der Waals surface area (Å²) in [5.74, 6) is -0.664. The molecule has 3 aromatic carbocycles. The van der Waals surface area contributed by atoms with Crippen molar-refractivity contribution in [2.45, 2.75) is 5.60 Å². The van der Waals surface area contributed by atoms with Gasteiger partial charge in [0.2, 0.25) is 5.60 Å². The van der Waals surface area contributed by atoms with Gasteiger partial charge in [-0.25, -0.2) is 0 Å². The lowest BCUT2D eigenvalue weighted by molar-refractivity contribution is -0.111. The van der Waals surface area contributed by atoms with Crippen molar-refractivity contribution >= 4 is 12.1 Å². The number of carbonyl (C=O) groups is 1. The first-order valence-corrected chi connectivity index (χ1v) is 7.91. The number of amides is 1. The van der Waals surface area contributed by atoms with Crippen molar-refractivity contribution in [1.82, 2.24) is 0 Å². The third-order valence-electron chi connectivity index (χ3n) is 3.91. The number of nitrogens with two attached hydrogens (primary N) is 1. The molecule has 0 fully saturated rings. The summed E-state index contributed by atoms with van der Waals surface area (Å²) in [5.41, 5.74) is 6.87. The van der Waals surface area contributed by atoms with E-state index in [-0.39, 0.29) is 0 Å². The summed E-state index contributed by atoms with van der Waals surface area (Å²) in [6.45, 7) is 0. The molecule has 0 saturated carbocycles. The largest absolute Gasteiger partial charge is 0.374 e. The summed E-state index contributed by atoms with van der Waals surface area (Å²) in [4.78, 5) is 17.1. The normalized spacial score (nSPS) is 11.4. The lowest BCUT2D eigenvalue weighted by atomic mass is 9.80. The van der Waals surface area contributed by atoms with Crippen LogP contribution in [0.4, 0.5) is 0 Å². The molecular weight excluding hydrogens is 312 g/mol. The van der Waals surface area contributed by atoms with Crippen molar-refractivity contribution in [1.29, 1.82) is 0 Å². The first-order chi connectivity index (χ1) is 12.2. The second-order valence-electron chi connectivity index (χ2n) is 5.51. The fourth-order valence-corrected chi connectivity index (χ4v) is 2.83. The molecule has 0 radical (unpaired) electrons.